The van der Waals surface area contributed by atoms with E-state index < -0.39 is 6.04 Å². The van der Waals surface area contributed by atoms with Gasteiger partial charge in [-0.25, -0.2) is 0 Å². The molecular formula is C22H21Cl2N3O. The normalized spacial score (nSPS) is 11.7. The van der Waals surface area contributed by atoms with Gasteiger partial charge in [0.1, 0.15) is 6.04 Å². The lowest BCUT2D eigenvalue weighted by Crippen LogP contribution is -2.35. The van der Waals surface area contributed by atoms with Crippen LogP contribution in [0.2, 0.25) is 10.0 Å². The molecule has 28 heavy (non-hydrogen) atoms. The molecule has 0 unspecified atom stereocenters. The second-order valence-corrected chi connectivity index (χ2v) is 7.30. The zero-order chi connectivity index (χ0) is 19.9. The molecule has 1 atom stereocenters. The lowest BCUT2D eigenvalue weighted by molar-refractivity contribution is -0.121. The predicted molar refractivity (Wildman–Crippen MR) is 115 cm³/mol. The number of aryl methyl sites for hydroxylation is 1. The molecule has 0 saturated heterocycles. The van der Waals surface area contributed by atoms with Crippen LogP contribution in [0.25, 0.3) is 0 Å². The van der Waals surface area contributed by atoms with Gasteiger partial charge in [0.2, 0.25) is 5.91 Å². The molecule has 0 aliphatic rings. The van der Waals surface area contributed by atoms with Crippen LogP contribution in [-0.2, 0) is 11.2 Å². The Morgan fingerprint density at radius 3 is 2.54 bits per heavy atom. The second-order valence-electron chi connectivity index (χ2n) is 6.45. The van der Waals surface area contributed by atoms with E-state index in [4.69, 9.17) is 23.2 Å². The quantitative estimate of drug-likeness (QED) is 0.558. The van der Waals surface area contributed by atoms with Crippen molar-refractivity contribution in [3.8, 4) is 0 Å². The first-order chi connectivity index (χ1) is 13.5. The Bertz CT molecular complexity index is 948. The molecule has 0 radical (unpaired) electrons. The molecule has 0 spiro atoms. The number of nitrogens with zero attached hydrogens (tertiary/aromatic N) is 1. The van der Waals surface area contributed by atoms with Crippen LogP contribution in [-0.4, -0.2) is 17.4 Å². The van der Waals surface area contributed by atoms with E-state index in [0.29, 0.717) is 22.3 Å². The maximum absolute atomic E-state index is 13.0. The Balaban J connectivity index is 1.77. The molecular weight excluding hydrogens is 393 g/mol. The summed E-state index contributed by atoms with van der Waals surface area (Å²) in [6, 6.07) is 16.3. The Labute approximate surface area is 174 Å². The fourth-order valence-electron chi connectivity index (χ4n) is 2.94. The SMILES string of the molecule is Cc1ccccc1[C@H](Nc1ccc(Cl)cc1Cl)C(=O)NCCc1ccncc1. The highest BCUT2D eigenvalue weighted by molar-refractivity contribution is 6.36. The van der Waals surface area contributed by atoms with Gasteiger partial charge in [0.25, 0.3) is 0 Å². The Kier molecular flexibility index (Phi) is 6.90. The summed E-state index contributed by atoms with van der Waals surface area (Å²) in [6.45, 7) is 2.51. The summed E-state index contributed by atoms with van der Waals surface area (Å²) in [4.78, 5) is 17.0. The molecule has 6 heteroatoms. The molecule has 0 aliphatic heterocycles. The summed E-state index contributed by atoms with van der Waals surface area (Å²) >= 11 is 12.3. The van der Waals surface area contributed by atoms with Crippen molar-refractivity contribution in [3.63, 3.8) is 0 Å². The van der Waals surface area contributed by atoms with Crippen LogP contribution in [0.4, 0.5) is 5.69 Å². The van der Waals surface area contributed by atoms with Crippen LogP contribution in [0.5, 0.6) is 0 Å². The summed E-state index contributed by atoms with van der Waals surface area (Å²) in [7, 11) is 0. The predicted octanol–water partition coefficient (Wildman–Crippen LogP) is 5.21. The number of rotatable bonds is 7. The van der Waals surface area contributed by atoms with Crippen molar-refractivity contribution >= 4 is 34.8 Å². The number of carbonyl (C=O) groups is 1. The molecule has 4 nitrogen and oxygen atoms in total. The number of pyridine rings is 1. The summed E-state index contributed by atoms with van der Waals surface area (Å²) in [5.41, 5.74) is 3.70. The maximum Gasteiger partial charge on any atom is 0.247 e. The molecule has 3 rings (SSSR count). The molecule has 0 saturated carbocycles. The van der Waals surface area contributed by atoms with E-state index >= 15 is 0 Å². The minimum absolute atomic E-state index is 0.116. The van der Waals surface area contributed by atoms with E-state index in [-0.39, 0.29) is 5.91 Å². The number of nitrogens with one attached hydrogen (secondary N) is 2. The van der Waals surface area contributed by atoms with E-state index in [0.717, 1.165) is 23.1 Å². The van der Waals surface area contributed by atoms with Crippen molar-refractivity contribution in [2.45, 2.75) is 19.4 Å². The van der Waals surface area contributed by atoms with E-state index in [2.05, 4.69) is 15.6 Å². The molecule has 0 aliphatic carbocycles. The number of hydrogen-bond donors (Lipinski definition) is 2. The van der Waals surface area contributed by atoms with Crippen molar-refractivity contribution in [2.75, 3.05) is 11.9 Å². The molecule has 2 aromatic carbocycles. The fraction of sp³-hybridized carbons (Fsp3) is 0.182. The van der Waals surface area contributed by atoms with Crippen LogP contribution >= 0.6 is 23.2 Å². The fourth-order valence-corrected chi connectivity index (χ4v) is 3.40. The second kappa shape index (κ2) is 9.58. The molecule has 2 N–H and O–H groups in total. The third kappa shape index (κ3) is 5.24. The van der Waals surface area contributed by atoms with Gasteiger partial charge in [-0.15, -0.1) is 0 Å². The van der Waals surface area contributed by atoms with Gasteiger partial charge in [0.15, 0.2) is 0 Å². The van der Waals surface area contributed by atoms with Gasteiger partial charge in [0.05, 0.1) is 10.7 Å². The zero-order valence-corrected chi connectivity index (χ0v) is 17.0. The largest absolute Gasteiger partial charge is 0.369 e. The van der Waals surface area contributed by atoms with Gasteiger partial charge in [-0.05, 0) is 60.4 Å². The zero-order valence-electron chi connectivity index (χ0n) is 15.5. The van der Waals surface area contributed by atoms with Crippen LogP contribution in [0.15, 0.2) is 67.0 Å². The number of amides is 1. The highest BCUT2D eigenvalue weighted by Gasteiger charge is 2.22. The van der Waals surface area contributed by atoms with Gasteiger partial charge in [0, 0.05) is 24.0 Å². The topological polar surface area (TPSA) is 54.0 Å². The molecule has 144 valence electrons. The Hall–Kier alpha value is -2.56. The van der Waals surface area contributed by atoms with E-state index in [1.54, 1.807) is 30.6 Å². The van der Waals surface area contributed by atoms with Crippen LogP contribution in [0.3, 0.4) is 0 Å². The van der Waals surface area contributed by atoms with E-state index in [1.165, 1.54) is 0 Å². The lowest BCUT2D eigenvalue weighted by atomic mass is 10.00. The molecule has 0 bridgehead atoms. The third-order valence-electron chi connectivity index (χ3n) is 4.45. The van der Waals surface area contributed by atoms with Crippen molar-refractivity contribution in [3.05, 3.63) is 93.7 Å². The average Bonchev–Trinajstić information content (AvgIpc) is 2.69. The highest BCUT2D eigenvalue weighted by Crippen LogP contribution is 2.30. The smallest absolute Gasteiger partial charge is 0.247 e. The maximum atomic E-state index is 13.0. The van der Waals surface area contributed by atoms with E-state index in [1.807, 2.05) is 43.3 Å². The average molecular weight is 414 g/mol. The minimum Gasteiger partial charge on any atom is -0.369 e. The molecule has 0 fully saturated rings. The van der Waals surface area contributed by atoms with Crippen molar-refractivity contribution in [2.24, 2.45) is 0 Å². The van der Waals surface area contributed by atoms with Crippen molar-refractivity contribution < 1.29 is 4.79 Å². The monoisotopic (exact) mass is 413 g/mol. The number of benzene rings is 2. The standard InChI is InChI=1S/C22H21Cl2N3O/c1-15-4-2-3-5-18(15)21(27-20-7-6-17(23)14-19(20)24)22(28)26-13-10-16-8-11-25-12-9-16/h2-9,11-12,14,21,27H,10,13H2,1H3,(H,26,28)/t21-/m0/s1. The lowest BCUT2D eigenvalue weighted by Gasteiger charge is -2.22. The van der Waals surface area contributed by atoms with Crippen molar-refractivity contribution in [1.29, 1.82) is 0 Å². The number of halogens is 2. The molecule has 3 aromatic rings. The molecule has 1 amide bonds. The van der Waals surface area contributed by atoms with Crippen LogP contribution in [0, 0.1) is 6.92 Å². The summed E-state index contributed by atoms with van der Waals surface area (Å²) in [5, 5.41) is 7.30. The number of carbonyl (C=O) groups excluding carboxylic acids is 1. The summed E-state index contributed by atoms with van der Waals surface area (Å²) < 4.78 is 0. The van der Waals surface area contributed by atoms with Gasteiger partial charge in [-0.2, -0.15) is 0 Å². The van der Waals surface area contributed by atoms with Gasteiger partial charge in [-0.3, -0.25) is 9.78 Å². The summed E-state index contributed by atoms with van der Waals surface area (Å²) in [5.74, 6) is -0.116. The Morgan fingerprint density at radius 2 is 1.82 bits per heavy atom. The summed E-state index contributed by atoms with van der Waals surface area (Å²) in [6.07, 6.45) is 4.23. The molecule has 1 heterocycles. The minimum atomic E-state index is -0.572. The number of aromatic nitrogens is 1. The highest BCUT2D eigenvalue weighted by atomic mass is 35.5. The third-order valence-corrected chi connectivity index (χ3v) is 5.00. The van der Waals surface area contributed by atoms with Gasteiger partial charge < -0.3 is 10.6 Å². The first-order valence-electron chi connectivity index (χ1n) is 8.98. The van der Waals surface area contributed by atoms with Crippen molar-refractivity contribution in [1.82, 2.24) is 10.3 Å². The molecule has 1 aromatic heterocycles. The van der Waals surface area contributed by atoms with Gasteiger partial charge >= 0.3 is 0 Å². The van der Waals surface area contributed by atoms with Crippen LogP contribution < -0.4 is 10.6 Å². The van der Waals surface area contributed by atoms with Gasteiger partial charge in [-0.1, -0.05) is 47.5 Å². The number of hydrogen-bond acceptors (Lipinski definition) is 3. The number of anilines is 1. The Morgan fingerprint density at radius 1 is 1.07 bits per heavy atom. The van der Waals surface area contributed by atoms with E-state index in [9.17, 15) is 4.79 Å². The van der Waals surface area contributed by atoms with Crippen LogP contribution in [0.1, 0.15) is 22.7 Å². The first-order valence-corrected chi connectivity index (χ1v) is 9.74. The first kappa shape index (κ1) is 20.2.